The van der Waals surface area contributed by atoms with Crippen LogP contribution in [0, 0.1) is 0 Å². The van der Waals surface area contributed by atoms with Crippen LogP contribution in [0.5, 0.6) is 0 Å². The molecule has 4 N–H and O–H groups in total. The largest absolute Gasteiger partial charge is 0.391 e. The lowest BCUT2D eigenvalue weighted by Gasteiger charge is -2.37. The van der Waals surface area contributed by atoms with E-state index in [1.54, 1.807) is 0 Å². The Bertz CT molecular complexity index is 530. The lowest BCUT2D eigenvalue weighted by molar-refractivity contribution is -0.921. The van der Waals surface area contributed by atoms with Gasteiger partial charge in [0.2, 0.25) is 0 Å². The molecule has 0 saturated heterocycles. The van der Waals surface area contributed by atoms with Crippen LogP contribution in [0.2, 0.25) is 0 Å². The highest BCUT2D eigenvalue weighted by atomic mass is 16.3. The van der Waals surface area contributed by atoms with Gasteiger partial charge in [-0.3, -0.25) is 9.59 Å². The van der Waals surface area contributed by atoms with Crippen molar-refractivity contribution in [1.29, 1.82) is 0 Å². The van der Waals surface area contributed by atoms with Gasteiger partial charge in [-0.2, -0.15) is 0 Å². The summed E-state index contributed by atoms with van der Waals surface area (Å²) in [6.07, 6.45) is 15.2. The fourth-order valence-electron chi connectivity index (χ4n) is 4.93. The van der Waals surface area contributed by atoms with Crippen LogP contribution in [0.15, 0.2) is 0 Å². The number of carbonyl (C=O) groups excluding carboxylic acids is 2. The van der Waals surface area contributed by atoms with Crippen LogP contribution >= 0.6 is 0 Å². The van der Waals surface area contributed by atoms with Gasteiger partial charge in [0, 0.05) is 19.5 Å². The van der Waals surface area contributed by atoms with Crippen molar-refractivity contribution in [3.63, 3.8) is 0 Å². The normalized spacial score (nSPS) is 14.6. The van der Waals surface area contributed by atoms with Gasteiger partial charge in [-0.05, 0) is 12.8 Å². The molecule has 2 atom stereocenters. The number of aliphatic hydroxyl groups excluding tert-OH is 2. The van der Waals surface area contributed by atoms with Gasteiger partial charge >= 0.3 is 0 Å². The standard InChI is InChI=1S/C29H60N4O4/c1-5-7-9-11-13-15-18-30-28(36)26-32(3,22-24-34)20-17-21-33(4,23-25-35)27-29(37)31-19-16-14-12-10-8-6-2/h34-35H,5-27H2,1-4H3/p+2. The van der Waals surface area contributed by atoms with E-state index in [1.807, 2.05) is 14.1 Å². The van der Waals surface area contributed by atoms with Crippen molar-refractivity contribution in [2.75, 3.05) is 79.7 Å². The van der Waals surface area contributed by atoms with E-state index < -0.39 is 0 Å². The minimum Gasteiger partial charge on any atom is -0.391 e. The minimum absolute atomic E-state index is 0.0326. The third-order valence-electron chi connectivity index (χ3n) is 7.43. The van der Waals surface area contributed by atoms with Crippen molar-refractivity contribution in [2.45, 2.75) is 97.3 Å². The average molecular weight is 531 g/mol. The molecule has 8 nitrogen and oxygen atoms in total. The molecule has 0 saturated carbocycles. The van der Waals surface area contributed by atoms with Crippen LogP contribution in [0.25, 0.3) is 0 Å². The molecule has 0 aromatic rings. The van der Waals surface area contributed by atoms with Gasteiger partial charge in [0.25, 0.3) is 11.8 Å². The lowest BCUT2D eigenvalue weighted by atomic mass is 10.1. The molecule has 220 valence electrons. The lowest BCUT2D eigenvalue weighted by Crippen LogP contribution is -2.56. The third kappa shape index (κ3) is 20.4. The topological polar surface area (TPSA) is 98.7 Å². The van der Waals surface area contributed by atoms with Gasteiger partial charge in [0.15, 0.2) is 13.1 Å². The van der Waals surface area contributed by atoms with Gasteiger partial charge in [-0.1, -0.05) is 78.1 Å². The van der Waals surface area contributed by atoms with Crippen LogP contribution in [-0.2, 0) is 9.59 Å². The van der Waals surface area contributed by atoms with Gasteiger partial charge in [0.05, 0.1) is 40.4 Å². The number of carbonyl (C=O) groups is 2. The molecule has 2 unspecified atom stereocenters. The first-order valence-corrected chi connectivity index (χ1v) is 15.2. The molecule has 0 aromatic carbocycles. The van der Waals surface area contributed by atoms with Crippen molar-refractivity contribution in [3.8, 4) is 0 Å². The van der Waals surface area contributed by atoms with Crippen molar-refractivity contribution < 1.29 is 28.8 Å². The Morgan fingerprint density at radius 3 is 1.24 bits per heavy atom. The first-order chi connectivity index (χ1) is 17.7. The number of likely N-dealkylation sites (N-methyl/N-ethyl adjacent to an activating group) is 2. The maximum absolute atomic E-state index is 12.6. The third-order valence-corrected chi connectivity index (χ3v) is 7.43. The number of nitrogens with zero attached hydrogens (tertiary/aromatic N) is 2. The predicted octanol–water partition coefficient (Wildman–Crippen LogP) is 3.21. The molecular weight excluding hydrogens is 468 g/mol. The number of aliphatic hydroxyl groups is 2. The summed E-state index contributed by atoms with van der Waals surface area (Å²) < 4.78 is 0.949. The first-order valence-electron chi connectivity index (χ1n) is 15.2. The monoisotopic (exact) mass is 530 g/mol. The van der Waals surface area contributed by atoms with E-state index >= 15 is 0 Å². The molecule has 0 aliphatic heterocycles. The summed E-state index contributed by atoms with van der Waals surface area (Å²) >= 11 is 0. The van der Waals surface area contributed by atoms with Crippen molar-refractivity contribution in [1.82, 2.24) is 10.6 Å². The van der Waals surface area contributed by atoms with E-state index in [0.29, 0.717) is 48.2 Å². The minimum atomic E-state index is 0.0326. The molecule has 0 aliphatic carbocycles. The molecule has 0 fully saturated rings. The van der Waals surface area contributed by atoms with Gasteiger partial charge in [-0.15, -0.1) is 0 Å². The Morgan fingerprint density at radius 1 is 0.541 bits per heavy atom. The molecule has 0 radical (unpaired) electrons. The highest BCUT2D eigenvalue weighted by molar-refractivity contribution is 5.77. The van der Waals surface area contributed by atoms with Crippen molar-refractivity contribution in [3.05, 3.63) is 0 Å². The van der Waals surface area contributed by atoms with Crippen molar-refractivity contribution >= 4 is 11.8 Å². The summed E-state index contributed by atoms with van der Waals surface area (Å²) in [6.45, 7) is 9.12. The summed E-state index contributed by atoms with van der Waals surface area (Å²) in [5.74, 6) is 0.0670. The zero-order valence-electron chi connectivity index (χ0n) is 24.9. The van der Waals surface area contributed by atoms with Crippen LogP contribution in [-0.4, -0.2) is 111 Å². The summed E-state index contributed by atoms with van der Waals surface area (Å²) in [6, 6.07) is 0. The maximum atomic E-state index is 12.6. The highest BCUT2D eigenvalue weighted by Crippen LogP contribution is 2.10. The molecule has 2 amide bonds. The van der Waals surface area contributed by atoms with Crippen LogP contribution in [0.1, 0.15) is 97.3 Å². The number of hydrogen-bond acceptors (Lipinski definition) is 4. The summed E-state index contributed by atoms with van der Waals surface area (Å²) in [5, 5.41) is 25.3. The molecule has 0 spiro atoms. The van der Waals surface area contributed by atoms with E-state index in [0.717, 1.165) is 45.2 Å². The summed E-state index contributed by atoms with van der Waals surface area (Å²) in [5.41, 5.74) is 0. The van der Waals surface area contributed by atoms with E-state index in [4.69, 9.17) is 0 Å². The maximum Gasteiger partial charge on any atom is 0.275 e. The smallest absolute Gasteiger partial charge is 0.275 e. The highest BCUT2D eigenvalue weighted by Gasteiger charge is 2.29. The second-order valence-corrected chi connectivity index (χ2v) is 11.5. The van der Waals surface area contributed by atoms with Gasteiger partial charge in [0.1, 0.15) is 13.1 Å². The number of amides is 2. The first kappa shape index (κ1) is 35.8. The number of rotatable bonds is 26. The number of hydrogen-bond donors (Lipinski definition) is 4. The molecule has 37 heavy (non-hydrogen) atoms. The number of unbranched alkanes of at least 4 members (excludes halogenated alkanes) is 10. The molecule has 0 aliphatic rings. The average Bonchev–Trinajstić information content (AvgIpc) is 2.83. The van der Waals surface area contributed by atoms with E-state index in [9.17, 15) is 19.8 Å². The number of nitrogens with one attached hydrogen (secondary N) is 2. The van der Waals surface area contributed by atoms with E-state index in [-0.39, 0.29) is 25.0 Å². The second kappa shape index (κ2) is 22.7. The quantitative estimate of drug-likeness (QED) is 0.102. The fraction of sp³-hybridized carbons (Fsp3) is 0.931. The Kier molecular flexibility index (Phi) is 22.0. The molecule has 0 aromatic heterocycles. The van der Waals surface area contributed by atoms with Crippen LogP contribution in [0.4, 0.5) is 0 Å². The van der Waals surface area contributed by atoms with Crippen LogP contribution in [0.3, 0.4) is 0 Å². The fourth-order valence-corrected chi connectivity index (χ4v) is 4.93. The molecule has 0 bridgehead atoms. The summed E-state index contributed by atoms with van der Waals surface area (Å²) in [4.78, 5) is 25.2. The Hall–Kier alpha value is -1.22. The Labute approximate surface area is 228 Å². The molecule has 8 heteroatoms. The van der Waals surface area contributed by atoms with Crippen LogP contribution < -0.4 is 10.6 Å². The molecule has 0 rings (SSSR count). The summed E-state index contributed by atoms with van der Waals surface area (Å²) in [7, 11) is 4.04. The second-order valence-electron chi connectivity index (χ2n) is 11.5. The Balaban J connectivity index is 4.49. The number of quaternary nitrogens is 2. The molecule has 0 heterocycles. The SMILES string of the molecule is CCCCCCCCNC(=O)C[N+](C)(CCO)CCC[N+](C)(CCO)CC(=O)NCCCCCCCC. The predicted molar refractivity (Wildman–Crippen MR) is 153 cm³/mol. The van der Waals surface area contributed by atoms with Gasteiger partial charge < -0.3 is 29.8 Å². The van der Waals surface area contributed by atoms with E-state index in [2.05, 4.69) is 24.5 Å². The Morgan fingerprint density at radius 2 is 0.892 bits per heavy atom. The van der Waals surface area contributed by atoms with Crippen molar-refractivity contribution in [2.24, 2.45) is 0 Å². The molecular formula is C29H62N4O4+2. The van der Waals surface area contributed by atoms with E-state index in [1.165, 1.54) is 51.4 Å². The zero-order chi connectivity index (χ0) is 27.8. The zero-order valence-corrected chi connectivity index (χ0v) is 24.9. The van der Waals surface area contributed by atoms with Gasteiger partial charge in [-0.25, -0.2) is 0 Å².